The number of hydrogen-bond acceptors (Lipinski definition) is 4. The molecule has 0 saturated heterocycles. The molecule has 0 radical (unpaired) electrons. The molecule has 4 heteroatoms. The number of nitrogens with zero attached hydrogens (tertiary/aromatic N) is 1. The number of likely N-dealkylation sites (N-methyl/N-ethyl adjacent to an activating group) is 1. The lowest BCUT2D eigenvalue weighted by molar-refractivity contribution is -0.142. The first-order chi connectivity index (χ1) is 10.1. The van der Waals surface area contributed by atoms with Crippen molar-refractivity contribution in [3.8, 4) is 0 Å². The number of esters is 1. The maximum Gasteiger partial charge on any atom is 0.314 e. The van der Waals surface area contributed by atoms with Crippen LogP contribution >= 0.6 is 0 Å². The van der Waals surface area contributed by atoms with Gasteiger partial charge in [-0.2, -0.15) is 0 Å². The van der Waals surface area contributed by atoms with Gasteiger partial charge in [-0.3, -0.25) is 9.69 Å². The number of methoxy groups -OCH3 is 1. The minimum absolute atomic E-state index is 0.183. The number of ether oxygens (including phenoxy) is 1. The van der Waals surface area contributed by atoms with Crippen molar-refractivity contribution < 1.29 is 9.53 Å². The monoisotopic (exact) mass is 290 g/mol. The molecule has 1 aliphatic rings. The minimum atomic E-state index is -0.241. The molecule has 0 aliphatic heterocycles. The Hall–Kier alpha value is -1.39. The molecule has 1 fully saturated rings. The van der Waals surface area contributed by atoms with Crippen molar-refractivity contribution in [3.63, 3.8) is 0 Å². The molecule has 0 aromatic heterocycles. The highest BCUT2D eigenvalue weighted by Gasteiger charge is 2.29. The molecule has 0 bridgehead atoms. The maximum absolute atomic E-state index is 12.0. The smallest absolute Gasteiger partial charge is 0.314 e. The molecule has 1 aromatic carbocycles. The SMILES string of the molecule is COC(=O)C(CNCC(C)N(C)C1CC1)c1ccccc1. The first-order valence-corrected chi connectivity index (χ1v) is 7.69. The fourth-order valence-electron chi connectivity index (χ4n) is 2.59. The third kappa shape index (κ3) is 4.55. The van der Waals surface area contributed by atoms with Crippen LogP contribution in [0.3, 0.4) is 0 Å². The number of nitrogens with one attached hydrogen (secondary N) is 1. The number of hydrogen-bond donors (Lipinski definition) is 1. The normalized spacial score (nSPS) is 17.5. The fraction of sp³-hybridized carbons (Fsp3) is 0.588. The van der Waals surface area contributed by atoms with E-state index in [0.29, 0.717) is 12.6 Å². The lowest BCUT2D eigenvalue weighted by atomic mass is 9.99. The van der Waals surface area contributed by atoms with Gasteiger partial charge in [0.2, 0.25) is 0 Å². The summed E-state index contributed by atoms with van der Waals surface area (Å²) in [5, 5.41) is 3.42. The van der Waals surface area contributed by atoms with Crippen molar-refractivity contribution in [2.75, 3.05) is 27.2 Å². The lowest BCUT2D eigenvalue weighted by Crippen LogP contribution is -2.41. The number of benzene rings is 1. The fourth-order valence-corrected chi connectivity index (χ4v) is 2.59. The third-order valence-electron chi connectivity index (χ3n) is 4.29. The second-order valence-corrected chi connectivity index (χ2v) is 5.89. The average Bonchev–Trinajstić information content (AvgIpc) is 3.35. The van der Waals surface area contributed by atoms with Crippen LogP contribution in [-0.2, 0) is 9.53 Å². The quantitative estimate of drug-likeness (QED) is 0.744. The molecule has 2 atom stereocenters. The summed E-state index contributed by atoms with van der Waals surface area (Å²) in [7, 11) is 3.63. The van der Waals surface area contributed by atoms with Gasteiger partial charge in [-0.1, -0.05) is 30.3 Å². The van der Waals surface area contributed by atoms with Gasteiger partial charge < -0.3 is 10.1 Å². The van der Waals surface area contributed by atoms with Crippen molar-refractivity contribution in [1.29, 1.82) is 0 Å². The summed E-state index contributed by atoms with van der Waals surface area (Å²) in [6.45, 7) is 3.72. The van der Waals surface area contributed by atoms with Gasteiger partial charge in [-0.05, 0) is 32.4 Å². The van der Waals surface area contributed by atoms with Crippen molar-refractivity contribution in [2.45, 2.75) is 37.8 Å². The van der Waals surface area contributed by atoms with Crippen LogP contribution in [0.1, 0.15) is 31.2 Å². The molecular weight excluding hydrogens is 264 g/mol. The Balaban J connectivity index is 1.86. The van der Waals surface area contributed by atoms with Gasteiger partial charge in [-0.15, -0.1) is 0 Å². The van der Waals surface area contributed by atoms with Gasteiger partial charge in [0.15, 0.2) is 0 Å². The number of carbonyl (C=O) groups is 1. The summed E-state index contributed by atoms with van der Waals surface area (Å²) >= 11 is 0. The summed E-state index contributed by atoms with van der Waals surface area (Å²) in [5.41, 5.74) is 1.00. The molecule has 116 valence electrons. The van der Waals surface area contributed by atoms with Gasteiger partial charge in [0.1, 0.15) is 0 Å². The van der Waals surface area contributed by atoms with Crippen LogP contribution in [0.4, 0.5) is 0 Å². The Bertz CT molecular complexity index is 445. The standard InChI is InChI=1S/C17H26N2O2/c1-13(19(2)15-9-10-15)11-18-12-16(17(20)21-3)14-7-5-4-6-8-14/h4-8,13,15-16,18H,9-12H2,1-3H3. The van der Waals surface area contributed by atoms with Gasteiger partial charge in [0.25, 0.3) is 0 Å². The summed E-state index contributed by atoms with van der Waals surface area (Å²) < 4.78 is 4.93. The van der Waals surface area contributed by atoms with Crippen LogP contribution in [-0.4, -0.2) is 50.2 Å². The van der Waals surface area contributed by atoms with E-state index in [-0.39, 0.29) is 11.9 Å². The molecule has 2 rings (SSSR count). The molecule has 1 aromatic rings. The highest BCUT2D eigenvalue weighted by molar-refractivity contribution is 5.78. The van der Waals surface area contributed by atoms with Gasteiger partial charge in [-0.25, -0.2) is 0 Å². The van der Waals surface area contributed by atoms with Crippen LogP contribution in [0.2, 0.25) is 0 Å². The van der Waals surface area contributed by atoms with Crippen LogP contribution in [0, 0.1) is 0 Å². The van der Waals surface area contributed by atoms with Crippen molar-refractivity contribution in [1.82, 2.24) is 10.2 Å². The lowest BCUT2D eigenvalue weighted by Gasteiger charge is -2.25. The number of rotatable bonds is 8. The minimum Gasteiger partial charge on any atom is -0.469 e. The zero-order chi connectivity index (χ0) is 15.2. The van der Waals surface area contributed by atoms with E-state index >= 15 is 0 Å². The van der Waals surface area contributed by atoms with E-state index in [2.05, 4.69) is 24.2 Å². The van der Waals surface area contributed by atoms with E-state index in [9.17, 15) is 4.79 Å². The molecule has 0 spiro atoms. The van der Waals surface area contributed by atoms with Crippen LogP contribution < -0.4 is 5.32 Å². The Kier molecular flexibility index (Phi) is 5.76. The molecule has 0 amide bonds. The van der Waals surface area contributed by atoms with Crippen LogP contribution in [0.25, 0.3) is 0 Å². The molecule has 21 heavy (non-hydrogen) atoms. The molecule has 4 nitrogen and oxygen atoms in total. The molecule has 1 saturated carbocycles. The second kappa shape index (κ2) is 7.57. The third-order valence-corrected chi connectivity index (χ3v) is 4.29. The zero-order valence-electron chi connectivity index (χ0n) is 13.2. The zero-order valence-corrected chi connectivity index (χ0v) is 13.2. The number of carbonyl (C=O) groups excluding carboxylic acids is 1. The van der Waals surface area contributed by atoms with E-state index in [1.165, 1.54) is 20.0 Å². The molecule has 1 aliphatic carbocycles. The van der Waals surface area contributed by atoms with Gasteiger partial charge >= 0.3 is 5.97 Å². The first-order valence-electron chi connectivity index (χ1n) is 7.69. The summed E-state index contributed by atoms with van der Waals surface area (Å²) in [5.74, 6) is -0.425. The van der Waals surface area contributed by atoms with E-state index in [1.807, 2.05) is 30.3 Å². The van der Waals surface area contributed by atoms with Crippen molar-refractivity contribution in [2.24, 2.45) is 0 Å². The van der Waals surface area contributed by atoms with E-state index < -0.39 is 0 Å². The Morgan fingerprint density at radius 3 is 2.57 bits per heavy atom. The Morgan fingerprint density at radius 2 is 2.00 bits per heavy atom. The predicted molar refractivity (Wildman–Crippen MR) is 84.3 cm³/mol. The van der Waals surface area contributed by atoms with E-state index in [0.717, 1.165) is 18.2 Å². The highest BCUT2D eigenvalue weighted by Crippen LogP contribution is 2.26. The molecule has 1 N–H and O–H groups in total. The summed E-state index contributed by atoms with van der Waals surface area (Å²) in [6, 6.07) is 11.0. The summed E-state index contributed by atoms with van der Waals surface area (Å²) in [6.07, 6.45) is 2.63. The van der Waals surface area contributed by atoms with Crippen LogP contribution in [0.15, 0.2) is 30.3 Å². The predicted octanol–water partition coefficient (Wildman–Crippen LogP) is 2.02. The van der Waals surface area contributed by atoms with Gasteiger partial charge in [0.05, 0.1) is 13.0 Å². The molecular formula is C17H26N2O2. The average molecular weight is 290 g/mol. The largest absolute Gasteiger partial charge is 0.469 e. The van der Waals surface area contributed by atoms with E-state index in [1.54, 1.807) is 0 Å². The highest BCUT2D eigenvalue weighted by atomic mass is 16.5. The maximum atomic E-state index is 12.0. The van der Waals surface area contributed by atoms with Crippen molar-refractivity contribution >= 4 is 5.97 Å². The Morgan fingerprint density at radius 1 is 1.33 bits per heavy atom. The molecule has 0 heterocycles. The van der Waals surface area contributed by atoms with Gasteiger partial charge in [0, 0.05) is 25.2 Å². The van der Waals surface area contributed by atoms with Crippen molar-refractivity contribution in [3.05, 3.63) is 35.9 Å². The first kappa shape index (κ1) is 16.0. The topological polar surface area (TPSA) is 41.6 Å². The van der Waals surface area contributed by atoms with E-state index in [4.69, 9.17) is 4.74 Å². The second-order valence-electron chi connectivity index (χ2n) is 5.89. The molecule has 2 unspecified atom stereocenters. The Labute approximate surface area is 127 Å². The summed E-state index contributed by atoms with van der Waals surface area (Å²) in [4.78, 5) is 14.4. The van der Waals surface area contributed by atoms with Crippen LogP contribution in [0.5, 0.6) is 0 Å².